The minimum absolute atomic E-state index is 0.209. The molecule has 0 amide bonds. The molecule has 3 nitrogen and oxygen atoms in total. The summed E-state index contributed by atoms with van der Waals surface area (Å²) in [5, 5.41) is 0. The van der Waals surface area contributed by atoms with Crippen LogP contribution < -0.4 is 14.2 Å². The molecular formula is C23H27BrCl2O3. The maximum absolute atomic E-state index is 6.14. The summed E-state index contributed by atoms with van der Waals surface area (Å²) in [4.78, 5) is 0. The monoisotopic (exact) mass is 500 g/mol. The third-order valence-corrected chi connectivity index (χ3v) is 5.17. The number of benzene rings is 2. The lowest BCUT2D eigenvalue weighted by atomic mass is 10.0. The summed E-state index contributed by atoms with van der Waals surface area (Å²) in [5.74, 6) is 2.67. The van der Waals surface area contributed by atoms with Gasteiger partial charge in [-0.15, -0.1) is 0 Å². The second-order valence-electron chi connectivity index (χ2n) is 6.44. The van der Waals surface area contributed by atoms with E-state index in [2.05, 4.69) is 29.8 Å². The van der Waals surface area contributed by atoms with Gasteiger partial charge in [-0.3, -0.25) is 0 Å². The fourth-order valence-corrected chi connectivity index (χ4v) is 3.21. The lowest BCUT2D eigenvalue weighted by molar-refractivity contribution is 0.263. The number of halogens is 3. The van der Waals surface area contributed by atoms with Crippen LogP contribution in [-0.4, -0.2) is 19.8 Å². The molecule has 2 rings (SSSR count). The molecule has 0 radical (unpaired) electrons. The van der Waals surface area contributed by atoms with Crippen LogP contribution in [0.5, 0.6) is 17.2 Å². The summed E-state index contributed by atoms with van der Waals surface area (Å²) in [5.41, 5.74) is 2.29. The van der Waals surface area contributed by atoms with Gasteiger partial charge in [-0.2, -0.15) is 0 Å². The predicted molar refractivity (Wildman–Crippen MR) is 125 cm³/mol. The zero-order valence-electron chi connectivity index (χ0n) is 16.8. The molecule has 0 heterocycles. The Bertz CT molecular complexity index is 762. The van der Waals surface area contributed by atoms with Gasteiger partial charge in [-0.25, -0.2) is 0 Å². The SMILES string of the molecule is CCc1cc(OCC=C(Cl)Cl)cc(CC)c1OCCCCOc1ccc(Br)cc1. The highest BCUT2D eigenvalue weighted by atomic mass is 79.9. The van der Waals surface area contributed by atoms with Crippen molar-refractivity contribution in [2.24, 2.45) is 0 Å². The third-order valence-electron chi connectivity index (χ3n) is 4.33. The van der Waals surface area contributed by atoms with E-state index in [1.807, 2.05) is 36.4 Å². The van der Waals surface area contributed by atoms with Crippen molar-refractivity contribution < 1.29 is 14.2 Å². The minimum atomic E-state index is 0.209. The topological polar surface area (TPSA) is 27.7 Å². The number of hydrogen-bond acceptors (Lipinski definition) is 3. The molecule has 2 aromatic carbocycles. The van der Waals surface area contributed by atoms with Gasteiger partial charge in [0.2, 0.25) is 0 Å². The lowest BCUT2D eigenvalue weighted by Gasteiger charge is -2.17. The van der Waals surface area contributed by atoms with Crippen molar-refractivity contribution in [3.8, 4) is 17.2 Å². The van der Waals surface area contributed by atoms with Gasteiger partial charge in [0.25, 0.3) is 0 Å². The average Bonchev–Trinajstić information content (AvgIpc) is 2.71. The summed E-state index contributed by atoms with van der Waals surface area (Å²) in [6.07, 6.45) is 5.24. The summed E-state index contributed by atoms with van der Waals surface area (Å²) in [6, 6.07) is 11.9. The maximum Gasteiger partial charge on any atom is 0.125 e. The first-order valence-corrected chi connectivity index (χ1v) is 11.4. The van der Waals surface area contributed by atoms with Gasteiger partial charge in [-0.1, -0.05) is 53.0 Å². The Balaban J connectivity index is 1.85. The number of ether oxygens (including phenoxy) is 3. The first-order valence-electron chi connectivity index (χ1n) is 9.84. The van der Waals surface area contributed by atoms with Crippen LogP contribution in [0.25, 0.3) is 0 Å². The first-order chi connectivity index (χ1) is 14.0. The van der Waals surface area contributed by atoms with Gasteiger partial charge < -0.3 is 14.2 Å². The van der Waals surface area contributed by atoms with Gasteiger partial charge >= 0.3 is 0 Å². The van der Waals surface area contributed by atoms with E-state index in [0.717, 1.165) is 58.5 Å². The summed E-state index contributed by atoms with van der Waals surface area (Å²) < 4.78 is 18.9. The van der Waals surface area contributed by atoms with Crippen LogP contribution in [0.1, 0.15) is 37.8 Å². The highest BCUT2D eigenvalue weighted by Crippen LogP contribution is 2.31. The van der Waals surface area contributed by atoms with E-state index < -0.39 is 0 Å². The highest BCUT2D eigenvalue weighted by Gasteiger charge is 2.11. The van der Waals surface area contributed by atoms with E-state index in [1.54, 1.807) is 6.08 Å². The number of rotatable bonds is 12. The second kappa shape index (κ2) is 13.0. The number of aryl methyl sites for hydroxylation is 2. The van der Waals surface area contributed by atoms with Crippen LogP contribution in [0.15, 0.2) is 51.4 Å². The average molecular weight is 502 g/mol. The molecule has 0 aromatic heterocycles. The van der Waals surface area contributed by atoms with Crippen molar-refractivity contribution in [2.45, 2.75) is 39.5 Å². The third kappa shape index (κ3) is 8.49. The van der Waals surface area contributed by atoms with Crippen LogP contribution in [0, 0.1) is 0 Å². The standard InChI is InChI=1S/C23H27BrCl2O3/c1-3-17-15-21(28-14-11-22(25)26)16-18(4-2)23(17)29-13-6-5-12-27-20-9-7-19(24)8-10-20/h7-11,15-16H,3-6,12-14H2,1-2H3. The van der Waals surface area contributed by atoms with Crippen molar-refractivity contribution in [1.82, 2.24) is 0 Å². The molecule has 0 N–H and O–H groups in total. The maximum atomic E-state index is 6.14. The van der Waals surface area contributed by atoms with E-state index in [-0.39, 0.29) is 4.49 Å². The fourth-order valence-electron chi connectivity index (χ4n) is 2.82. The summed E-state index contributed by atoms with van der Waals surface area (Å²) in [6.45, 7) is 5.91. The quantitative estimate of drug-likeness (QED) is 0.281. The Kier molecular flexibility index (Phi) is 10.8. The van der Waals surface area contributed by atoms with E-state index in [0.29, 0.717) is 19.8 Å². The number of unbranched alkanes of at least 4 members (excludes halogenated alkanes) is 1. The molecule has 158 valence electrons. The molecule has 0 fully saturated rings. The van der Waals surface area contributed by atoms with Crippen molar-refractivity contribution in [3.05, 3.63) is 62.6 Å². The molecule has 0 bridgehead atoms. The van der Waals surface area contributed by atoms with Gasteiger partial charge in [0.15, 0.2) is 0 Å². The van der Waals surface area contributed by atoms with Gasteiger partial charge in [0, 0.05) is 4.47 Å². The highest BCUT2D eigenvalue weighted by molar-refractivity contribution is 9.10. The van der Waals surface area contributed by atoms with Crippen molar-refractivity contribution in [1.29, 1.82) is 0 Å². The zero-order valence-corrected chi connectivity index (χ0v) is 19.9. The Morgan fingerprint density at radius 3 is 2.00 bits per heavy atom. The second-order valence-corrected chi connectivity index (χ2v) is 8.36. The smallest absolute Gasteiger partial charge is 0.125 e. The first kappa shape index (κ1) is 23.9. The molecule has 29 heavy (non-hydrogen) atoms. The lowest BCUT2D eigenvalue weighted by Crippen LogP contribution is -2.06. The molecule has 0 aliphatic rings. The molecule has 0 atom stereocenters. The fraction of sp³-hybridized carbons (Fsp3) is 0.391. The Morgan fingerprint density at radius 2 is 1.45 bits per heavy atom. The van der Waals surface area contributed by atoms with E-state index in [1.165, 1.54) is 0 Å². The van der Waals surface area contributed by atoms with Crippen LogP contribution in [0.3, 0.4) is 0 Å². The molecule has 0 unspecified atom stereocenters. The van der Waals surface area contributed by atoms with Crippen molar-refractivity contribution >= 4 is 39.1 Å². The van der Waals surface area contributed by atoms with Crippen LogP contribution >= 0.6 is 39.1 Å². The van der Waals surface area contributed by atoms with Gasteiger partial charge in [-0.05, 0) is 79.3 Å². The van der Waals surface area contributed by atoms with Crippen molar-refractivity contribution in [3.63, 3.8) is 0 Å². The summed E-state index contributed by atoms with van der Waals surface area (Å²) in [7, 11) is 0. The Morgan fingerprint density at radius 1 is 0.862 bits per heavy atom. The molecule has 0 aliphatic carbocycles. The molecule has 2 aromatic rings. The van der Waals surface area contributed by atoms with Crippen LogP contribution in [0.4, 0.5) is 0 Å². The van der Waals surface area contributed by atoms with E-state index >= 15 is 0 Å². The summed E-state index contributed by atoms with van der Waals surface area (Å²) >= 11 is 14.7. The largest absolute Gasteiger partial charge is 0.494 e. The van der Waals surface area contributed by atoms with E-state index in [4.69, 9.17) is 37.4 Å². The van der Waals surface area contributed by atoms with E-state index in [9.17, 15) is 0 Å². The predicted octanol–water partition coefficient (Wildman–Crippen LogP) is 7.51. The molecule has 0 saturated carbocycles. The van der Waals surface area contributed by atoms with Crippen LogP contribution in [-0.2, 0) is 12.8 Å². The van der Waals surface area contributed by atoms with Crippen LogP contribution in [0.2, 0.25) is 0 Å². The normalized spacial score (nSPS) is 10.5. The van der Waals surface area contributed by atoms with Gasteiger partial charge in [0.05, 0.1) is 13.2 Å². The Hall–Kier alpha value is -1.36. The minimum Gasteiger partial charge on any atom is -0.494 e. The molecule has 6 heteroatoms. The molecule has 0 saturated heterocycles. The Labute approximate surface area is 192 Å². The van der Waals surface area contributed by atoms with Crippen molar-refractivity contribution in [2.75, 3.05) is 19.8 Å². The molecule has 0 spiro atoms. The molecule has 0 aliphatic heterocycles. The number of hydrogen-bond donors (Lipinski definition) is 0. The van der Waals surface area contributed by atoms with Gasteiger partial charge in [0.1, 0.15) is 28.3 Å². The zero-order chi connectivity index (χ0) is 21.1. The molecular weight excluding hydrogens is 475 g/mol.